The number of carbonyl (C=O) groups excluding carboxylic acids is 1. The van der Waals surface area contributed by atoms with Gasteiger partial charge in [-0.2, -0.15) is 11.8 Å². The normalized spacial score (nSPS) is 12.3. The summed E-state index contributed by atoms with van der Waals surface area (Å²) in [5, 5.41) is 21.4. The fraction of sp³-hybridized carbons (Fsp3) is 0.735. The second-order valence-electron chi connectivity index (χ2n) is 11.6. The lowest BCUT2D eigenvalue weighted by atomic mass is 9.79. The van der Waals surface area contributed by atoms with Gasteiger partial charge in [-0.15, -0.1) is 0 Å². The molecule has 0 spiro atoms. The largest absolute Gasteiger partial charge is 0.481 e. The molecule has 3 N–H and O–H groups in total. The Morgan fingerprint density at radius 1 is 0.756 bits per heavy atom. The fourth-order valence-electron chi connectivity index (χ4n) is 5.49. The molecule has 234 valence electrons. The fourth-order valence-corrected chi connectivity index (χ4v) is 7.10. The Morgan fingerprint density at radius 2 is 1.29 bits per heavy atom. The van der Waals surface area contributed by atoms with Crippen LogP contribution >= 0.6 is 11.8 Å². The maximum absolute atomic E-state index is 13.4. The number of aliphatic carboxylic acids is 2. The van der Waals surface area contributed by atoms with Crippen molar-refractivity contribution in [1.29, 1.82) is 0 Å². The van der Waals surface area contributed by atoms with Crippen molar-refractivity contribution in [2.75, 3.05) is 12.3 Å². The van der Waals surface area contributed by atoms with Crippen LogP contribution in [0.3, 0.4) is 0 Å². The first-order valence-corrected chi connectivity index (χ1v) is 17.3. The summed E-state index contributed by atoms with van der Waals surface area (Å²) in [6.45, 7) is 6.02. The van der Waals surface area contributed by atoms with Gasteiger partial charge in [0.15, 0.2) is 0 Å². The van der Waals surface area contributed by atoms with Gasteiger partial charge in [-0.3, -0.25) is 14.4 Å². The maximum Gasteiger partial charge on any atom is 0.322 e. The highest BCUT2D eigenvalue weighted by molar-refractivity contribution is 7.99. The van der Waals surface area contributed by atoms with Crippen molar-refractivity contribution in [2.24, 2.45) is 5.41 Å². The Morgan fingerprint density at radius 3 is 1.83 bits per heavy atom. The average molecular weight is 592 g/mol. The summed E-state index contributed by atoms with van der Waals surface area (Å²) < 4.78 is 0. The second-order valence-corrected chi connectivity index (χ2v) is 12.8. The van der Waals surface area contributed by atoms with E-state index >= 15 is 0 Å². The molecule has 6 nitrogen and oxygen atoms in total. The van der Waals surface area contributed by atoms with E-state index in [0.717, 1.165) is 44.1 Å². The maximum atomic E-state index is 13.4. The molecule has 0 aromatic heterocycles. The number of amides is 1. The summed E-state index contributed by atoms with van der Waals surface area (Å²) in [6.07, 6.45) is 18.6. The number of rotatable bonds is 26. The van der Waals surface area contributed by atoms with Crippen molar-refractivity contribution in [3.8, 4) is 0 Å². The van der Waals surface area contributed by atoms with Crippen LogP contribution in [0.25, 0.3) is 0 Å². The van der Waals surface area contributed by atoms with E-state index in [0.29, 0.717) is 18.6 Å². The van der Waals surface area contributed by atoms with Crippen LogP contribution in [0.4, 0.5) is 0 Å². The van der Waals surface area contributed by atoms with Crippen LogP contribution in [0.1, 0.15) is 146 Å². The number of carboxylic acids is 2. The lowest BCUT2D eigenvalue weighted by Gasteiger charge is -2.34. The van der Waals surface area contributed by atoms with Crippen LogP contribution in [-0.2, 0) is 20.8 Å². The third-order valence-electron chi connectivity index (χ3n) is 8.02. The van der Waals surface area contributed by atoms with Crippen LogP contribution in [0, 0.1) is 5.41 Å². The lowest BCUT2D eigenvalue weighted by Crippen LogP contribution is -2.45. The molecule has 0 saturated carbocycles. The minimum atomic E-state index is -1.06. The highest BCUT2D eigenvalue weighted by Crippen LogP contribution is 2.42. The van der Waals surface area contributed by atoms with E-state index in [-0.39, 0.29) is 17.6 Å². The monoisotopic (exact) mass is 591 g/mol. The van der Waals surface area contributed by atoms with E-state index in [4.69, 9.17) is 5.11 Å². The molecular weight excluding hydrogens is 534 g/mol. The zero-order valence-corrected chi connectivity index (χ0v) is 26.9. The molecule has 1 rings (SSSR count). The molecule has 0 heterocycles. The Balaban J connectivity index is 2.94. The molecule has 0 radical (unpaired) electrons. The number of thioether (sulfide) groups is 1. The van der Waals surface area contributed by atoms with Gasteiger partial charge in [-0.25, -0.2) is 0 Å². The van der Waals surface area contributed by atoms with Gasteiger partial charge in [-0.1, -0.05) is 129 Å². The minimum absolute atomic E-state index is 0.00586. The molecule has 1 aromatic carbocycles. The highest BCUT2D eigenvalue weighted by atomic mass is 32.2. The van der Waals surface area contributed by atoms with Crippen molar-refractivity contribution < 1.29 is 24.6 Å². The molecule has 1 amide bonds. The molecule has 1 aromatic rings. The van der Waals surface area contributed by atoms with Crippen molar-refractivity contribution in [1.82, 2.24) is 5.32 Å². The van der Waals surface area contributed by atoms with Gasteiger partial charge in [-0.05, 0) is 36.8 Å². The molecule has 41 heavy (non-hydrogen) atoms. The van der Waals surface area contributed by atoms with E-state index in [1.165, 1.54) is 63.4 Å². The number of carboxylic acid groups (broad SMARTS) is 2. The average Bonchev–Trinajstić information content (AvgIpc) is 2.96. The summed E-state index contributed by atoms with van der Waals surface area (Å²) in [4.78, 5) is 36.6. The van der Waals surface area contributed by atoms with Crippen molar-refractivity contribution in [3.63, 3.8) is 0 Å². The second kappa shape index (κ2) is 22.6. The molecule has 0 fully saturated rings. The van der Waals surface area contributed by atoms with E-state index in [1.54, 1.807) is 11.8 Å². The van der Waals surface area contributed by atoms with Gasteiger partial charge in [0.1, 0.15) is 6.54 Å². The van der Waals surface area contributed by atoms with Crippen LogP contribution in [0.15, 0.2) is 24.3 Å². The van der Waals surface area contributed by atoms with Gasteiger partial charge in [0.05, 0.1) is 11.8 Å². The van der Waals surface area contributed by atoms with Crippen LogP contribution in [0.5, 0.6) is 0 Å². The smallest absolute Gasteiger partial charge is 0.322 e. The van der Waals surface area contributed by atoms with Gasteiger partial charge in [0.25, 0.3) is 0 Å². The third kappa shape index (κ3) is 15.7. The molecule has 1 unspecified atom stereocenters. The van der Waals surface area contributed by atoms with Crippen molar-refractivity contribution in [3.05, 3.63) is 35.4 Å². The Labute approximate surface area is 253 Å². The number of benzene rings is 1. The number of hydrogen-bond donors (Lipinski definition) is 3. The van der Waals surface area contributed by atoms with E-state index < -0.39 is 23.9 Å². The van der Waals surface area contributed by atoms with Gasteiger partial charge < -0.3 is 15.5 Å². The first-order valence-electron chi connectivity index (χ1n) is 16.2. The number of unbranched alkanes of at least 4 members (excludes halogenated alkanes) is 11. The Kier molecular flexibility index (Phi) is 20.4. The van der Waals surface area contributed by atoms with Gasteiger partial charge in [0, 0.05) is 11.0 Å². The topological polar surface area (TPSA) is 104 Å². The number of nitrogens with one attached hydrogen (secondary N) is 1. The third-order valence-corrected chi connectivity index (χ3v) is 9.56. The predicted octanol–water partition coefficient (Wildman–Crippen LogP) is 8.97. The molecule has 0 bridgehead atoms. The summed E-state index contributed by atoms with van der Waals surface area (Å²) in [6, 6.07) is 8.19. The Bertz CT molecular complexity index is 866. The van der Waals surface area contributed by atoms with E-state index in [9.17, 15) is 19.5 Å². The Hall–Kier alpha value is -2.02. The van der Waals surface area contributed by atoms with Crippen molar-refractivity contribution >= 4 is 29.6 Å². The molecular formula is C34H57NO5S. The first-order chi connectivity index (χ1) is 19.8. The van der Waals surface area contributed by atoms with E-state index in [2.05, 4.69) is 38.2 Å². The summed E-state index contributed by atoms with van der Waals surface area (Å²) in [5.74, 6) is -1.65. The van der Waals surface area contributed by atoms with Gasteiger partial charge in [0.2, 0.25) is 5.91 Å². The lowest BCUT2D eigenvalue weighted by molar-refractivity contribution is -0.140. The zero-order valence-electron chi connectivity index (χ0n) is 26.1. The predicted molar refractivity (Wildman–Crippen MR) is 172 cm³/mol. The van der Waals surface area contributed by atoms with E-state index in [1.807, 2.05) is 12.1 Å². The van der Waals surface area contributed by atoms with Crippen LogP contribution in [-0.4, -0.2) is 40.4 Å². The number of carbonyl (C=O) groups is 3. The standard InChI is InChI=1S/C34H57NO5S/c1-4-7-10-11-12-13-14-15-16-17-20-28-21-18-19-22-29(28)30(25-31(36)37)41-27-34(23-8-5-2,24-9-6-3)33(40)35-26-32(38)39/h18-19,21-22,30H,4-17,20,23-27H2,1-3H3,(H,35,40)(H,36,37)(H,38,39). The molecule has 7 heteroatoms. The van der Waals surface area contributed by atoms with Crippen molar-refractivity contribution in [2.45, 2.75) is 142 Å². The first kappa shape index (κ1) is 37.0. The minimum Gasteiger partial charge on any atom is -0.481 e. The number of aryl methyl sites for hydroxylation is 1. The molecule has 0 saturated heterocycles. The van der Waals surface area contributed by atoms with Gasteiger partial charge >= 0.3 is 11.9 Å². The summed E-state index contributed by atoms with van der Waals surface area (Å²) in [5.41, 5.74) is 1.55. The molecule has 0 aliphatic rings. The summed E-state index contributed by atoms with van der Waals surface area (Å²) >= 11 is 1.56. The SMILES string of the molecule is CCCCCCCCCCCCc1ccccc1C(CC(=O)O)SCC(CCCC)(CCCC)C(=O)NCC(=O)O. The molecule has 1 atom stereocenters. The molecule has 0 aliphatic carbocycles. The summed E-state index contributed by atoms with van der Waals surface area (Å²) in [7, 11) is 0. The molecule has 0 aliphatic heterocycles. The van der Waals surface area contributed by atoms with Crippen LogP contribution in [0.2, 0.25) is 0 Å². The highest BCUT2D eigenvalue weighted by Gasteiger charge is 2.38. The quantitative estimate of drug-likeness (QED) is 0.0929. The van der Waals surface area contributed by atoms with Crippen LogP contribution < -0.4 is 5.32 Å². The zero-order chi connectivity index (χ0) is 30.3. The number of hydrogen-bond acceptors (Lipinski definition) is 4.